The fourth-order valence-corrected chi connectivity index (χ4v) is 2.20. The van der Waals surface area contributed by atoms with Gasteiger partial charge in [-0.15, -0.1) is 0 Å². The molecule has 1 heterocycles. The number of carbonyl (C=O) groups excluding carboxylic acids is 1. The highest BCUT2D eigenvalue weighted by Gasteiger charge is 2.45. The summed E-state index contributed by atoms with van der Waals surface area (Å²) in [6, 6.07) is 10.1. The van der Waals surface area contributed by atoms with E-state index in [9.17, 15) is 4.79 Å². The summed E-state index contributed by atoms with van der Waals surface area (Å²) in [7, 11) is 1.38. The van der Waals surface area contributed by atoms with Crippen LogP contribution in [-0.4, -0.2) is 31.4 Å². The van der Waals surface area contributed by atoms with Crippen molar-refractivity contribution in [2.45, 2.75) is 38.1 Å². The third kappa shape index (κ3) is 3.78. The third-order valence-corrected chi connectivity index (χ3v) is 3.39. The van der Waals surface area contributed by atoms with Gasteiger partial charge in [0.05, 0.1) is 19.3 Å². The van der Waals surface area contributed by atoms with Crippen LogP contribution in [0.5, 0.6) is 0 Å². The standard InChI is InChI=1S/C15H20O4/c1-15(10-13(19-15)14(16)17-2)8-9-18-11-12-6-4-3-5-7-12/h3-7,13H,8-11H2,1-2H3. The van der Waals surface area contributed by atoms with Crippen molar-refractivity contribution in [1.29, 1.82) is 0 Å². The van der Waals surface area contributed by atoms with Crippen LogP contribution in [0.1, 0.15) is 25.3 Å². The zero-order valence-electron chi connectivity index (χ0n) is 11.4. The van der Waals surface area contributed by atoms with Crippen LogP contribution in [-0.2, 0) is 25.6 Å². The fraction of sp³-hybridized carbons (Fsp3) is 0.533. The van der Waals surface area contributed by atoms with E-state index < -0.39 is 6.10 Å². The van der Waals surface area contributed by atoms with Crippen LogP contribution in [0.4, 0.5) is 0 Å². The number of hydrogen-bond acceptors (Lipinski definition) is 4. The molecule has 0 aromatic heterocycles. The smallest absolute Gasteiger partial charge is 0.335 e. The topological polar surface area (TPSA) is 44.8 Å². The van der Waals surface area contributed by atoms with Crippen LogP contribution in [0.3, 0.4) is 0 Å². The summed E-state index contributed by atoms with van der Waals surface area (Å²) >= 11 is 0. The maximum atomic E-state index is 11.2. The second-order valence-corrected chi connectivity index (χ2v) is 5.07. The number of rotatable bonds is 6. The largest absolute Gasteiger partial charge is 0.467 e. The summed E-state index contributed by atoms with van der Waals surface area (Å²) in [5.41, 5.74) is 0.907. The molecule has 2 atom stereocenters. The molecule has 0 N–H and O–H groups in total. The van der Waals surface area contributed by atoms with Crippen LogP contribution in [0.2, 0.25) is 0 Å². The lowest BCUT2D eigenvalue weighted by atomic mass is 9.88. The SMILES string of the molecule is COC(=O)C1CC(C)(CCOCc2ccccc2)O1. The van der Waals surface area contributed by atoms with Crippen LogP contribution in [0, 0.1) is 0 Å². The Balaban J connectivity index is 1.63. The van der Waals surface area contributed by atoms with Crippen LogP contribution >= 0.6 is 0 Å². The minimum absolute atomic E-state index is 0.254. The normalized spacial score (nSPS) is 25.7. The lowest BCUT2D eigenvalue weighted by molar-refractivity contribution is -0.219. The van der Waals surface area contributed by atoms with Gasteiger partial charge in [0.15, 0.2) is 6.10 Å². The summed E-state index contributed by atoms with van der Waals surface area (Å²) in [6.45, 7) is 3.23. The third-order valence-electron chi connectivity index (χ3n) is 3.39. The molecule has 1 aromatic carbocycles. The first kappa shape index (κ1) is 14.0. The van der Waals surface area contributed by atoms with Gasteiger partial charge in [0, 0.05) is 13.0 Å². The first-order valence-corrected chi connectivity index (χ1v) is 6.50. The Morgan fingerprint density at radius 2 is 2.11 bits per heavy atom. The van der Waals surface area contributed by atoms with Gasteiger partial charge in [-0.05, 0) is 18.9 Å². The molecule has 0 amide bonds. The van der Waals surface area contributed by atoms with E-state index in [0.717, 1.165) is 12.0 Å². The second-order valence-electron chi connectivity index (χ2n) is 5.07. The maximum Gasteiger partial charge on any atom is 0.335 e. The Hall–Kier alpha value is -1.39. The van der Waals surface area contributed by atoms with E-state index in [4.69, 9.17) is 9.47 Å². The van der Waals surface area contributed by atoms with E-state index >= 15 is 0 Å². The molecule has 1 saturated heterocycles. The van der Waals surface area contributed by atoms with Gasteiger partial charge in [0.25, 0.3) is 0 Å². The molecular weight excluding hydrogens is 244 g/mol. The van der Waals surface area contributed by atoms with Gasteiger partial charge in [0.1, 0.15) is 0 Å². The first-order chi connectivity index (χ1) is 9.13. The summed E-state index contributed by atoms with van der Waals surface area (Å²) < 4.78 is 15.8. The van der Waals surface area contributed by atoms with E-state index in [1.165, 1.54) is 7.11 Å². The molecule has 1 aliphatic heterocycles. The number of ether oxygens (including phenoxy) is 3. The van der Waals surface area contributed by atoms with Gasteiger partial charge in [0.2, 0.25) is 0 Å². The Kier molecular flexibility index (Phi) is 4.56. The van der Waals surface area contributed by atoms with Crippen molar-refractivity contribution >= 4 is 5.97 Å². The van der Waals surface area contributed by atoms with Gasteiger partial charge >= 0.3 is 5.97 Å². The van der Waals surface area contributed by atoms with Gasteiger partial charge in [-0.3, -0.25) is 0 Å². The highest BCUT2D eigenvalue weighted by atomic mass is 16.6. The number of methoxy groups -OCH3 is 1. The maximum absolute atomic E-state index is 11.2. The Morgan fingerprint density at radius 1 is 1.42 bits per heavy atom. The molecule has 104 valence electrons. The van der Waals surface area contributed by atoms with Crippen molar-refractivity contribution in [2.24, 2.45) is 0 Å². The molecule has 1 aromatic rings. The van der Waals surface area contributed by atoms with Crippen molar-refractivity contribution in [3.05, 3.63) is 35.9 Å². The van der Waals surface area contributed by atoms with Crippen LogP contribution < -0.4 is 0 Å². The lowest BCUT2D eigenvalue weighted by Crippen LogP contribution is -2.52. The fourth-order valence-electron chi connectivity index (χ4n) is 2.20. The molecule has 2 rings (SSSR count). The minimum atomic E-state index is -0.399. The molecule has 0 bridgehead atoms. The van der Waals surface area contributed by atoms with Crippen molar-refractivity contribution in [3.8, 4) is 0 Å². The molecule has 19 heavy (non-hydrogen) atoms. The molecule has 4 heteroatoms. The van der Waals surface area contributed by atoms with E-state index in [1.54, 1.807) is 0 Å². The molecule has 0 aliphatic carbocycles. The minimum Gasteiger partial charge on any atom is -0.467 e. The van der Waals surface area contributed by atoms with Crippen molar-refractivity contribution in [3.63, 3.8) is 0 Å². The van der Waals surface area contributed by atoms with Crippen molar-refractivity contribution < 1.29 is 19.0 Å². The predicted molar refractivity (Wildman–Crippen MR) is 70.6 cm³/mol. The molecule has 1 aliphatic rings. The highest BCUT2D eigenvalue weighted by molar-refractivity contribution is 5.75. The van der Waals surface area contributed by atoms with Crippen LogP contribution in [0.25, 0.3) is 0 Å². The zero-order chi connectivity index (χ0) is 13.7. The predicted octanol–water partition coefficient (Wildman–Crippen LogP) is 2.31. The molecule has 1 fully saturated rings. The van der Waals surface area contributed by atoms with Crippen LogP contribution in [0.15, 0.2) is 30.3 Å². The lowest BCUT2D eigenvalue weighted by Gasteiger charge is -2.43. The summed E-state index contributed by atoms with van der Waals surface area (Å²) in [4.78, 5) is 11.2. The van der Waals surface area contributed by atoms with Crippen molar-refractivity contribution in [1.82, 2.24) is 0 Å². The average Bonchev–Trinajstić information content (AvgIpc) is 2.41. The average molecular weight is 264 g/mol. The Morgan fingerprint density at radius 3 is 2.74 bits per heavy atom. The first-order valence-electron chi connectivity index (χ1n) is 6.50. The van der Waals surface area contributed by atoms with E-state index in [1.807, 2.05) is 37.3 Å². The quantitative estimate of drug-likeness (QED) is 0.584. The highest BCUT2D eigenvalue weighted by Crippen LogP contribution is 2.35. The van der Waals surface area contributed by atoms with Crippen molar-refractivity contribution in [2.75, 3.05) is 13.7 Å². The zero-order valence-corrected chi connectivity index (χ0v) is 11.4. The molecule has 0 radical (unpaired) electrons. The van der Waals surface area contributed by atoms with Gasteiger partial charge in [-0.2, -0.15) is 0 Å². The van der Waals surface area contributed by atoms with Gasteiger partial charge in [-0.25, -0.2) is 4.79 Å². The molecular formula is C15H20O4. The summed E-state index contributed by atoms with van der Waals surface area (Å²) in [6.07, 6.45) is 1.09. The Labute approximate surface area is 113 Å². The summed E-state index contributed by atoms with van der Waals surface area (Å²) in [5, 5.41) is 0. The monoisotopic (exact) mass is 264 g/mol. The summed E-state index contributed by atoms with van der Waals surface area (Å²) in [5.74, 6) is -0.289. The van der Waals surface area contributed by atoms with E-state index in [-0.39, 0.29) is 11.6 Å². The molecule has 0 saturated carbocycles. The number of hydrogen-bond donors (Lipinski definition) is 0. The van der Waals surface area contributed by atoms with E-state index in [2.05, 4.69) is 4.74 Å². The van der Waals surface area contributed by atoms with E-state index in [0.29, 0.717) is 19.6 Å². The van der Waals surface area contributed by atoms with Gasteiger partial charge < -0.3 is 14.2 Å². The molecule has 2 unspecified atom stereocenters. The number of benzene rings is 1. The second kappa shape index (κ2) is 6.17. The Bertz CT molecular complexity index is 409. The number of esters is 1. The van der Waals surface area contributed by atoms with Gasteiger partial charge in [-0.1, -0.05) is 30.3 Å². The molecule has 0 spiro atoms. The molecule has 4 nitrogen and oxygen atoms in total. The number of carbonyl (C=O) groups is 1.